The molecule has 0 radical (unpaired) electrons. The van der Waals surface area contributed by atoms with Gasteiger partial charge in [-0.2, -0.15) is 0 Å². The van der Waals surface area contributed by atoms with E-state index in [1.807, 2.05) is 35.0 Å². The lowest BCUT2D eigenvalue weighted by Gasteiger charge is -2.17. The molecule has 0 saturated carbocycles. The van der Waals surface area contributed by atoms with Crippen LogP contribution in [0.4, 0.5) is 14.5 Å². The van der Waals surface area contributed by atoms with Crippen LogP contribution in [0.15, 0.2) is 95.9 Å². The molecule has 5 aromatic rings. The van der Waals surface area contributed by atoms with Gasteiger partial charge in [0.05, 0.1) is 23.8 Å². The third-order valence-corrected chi connectivity index (χ3v) is 6.65. The minimum atomic E-state index is -0.486. The summed E-state index contributed by atoms with van der Waals surface area (Å²) in [6.45, 7) is 1.91. The van der Waals surface area contributed by atoms with Crippen molar-refractivity contribution in [3.8, 4) is 16.9 Å². The molecule has 8 heteroatoms. The van der Waals surface area contributed by atoms with Gasteiger partial charge in [0.1, 0.15) is 17.3 Å². The lowest BCUT2D eigenvalue weighted by atomic mass is 10.1. The molecule has 1 atom stereocenters. The van der Waals surface area contributed by atoms with E-state index in [-0.39, 0.29) is 35.3 Å². The van der Waals surface area contributed by atoms with Crippen molar-refractivity contribution in [3.05, 3.63) is 119 Å². The first-order valence-electron chi connectivity index (χ1n) is 12.2. The standard InChI is InChI=1S/C30H26F2N4O2/c1-19(33-2)29(37)34-26-14-15-27(20-6-8-22(31)9-7-20)36(30(26)38)18-21-4-3-5-28-25(21)16-17-35(28)24-12-10-23(32)11-13-24/h3-17,19,33H,18H2,1-2H3,(H,34,37). The zero-order valence-corrected chi connectivity index (χ0v) is 20.9. The number of hydrogen-bond donors (Lipinski definition) is 2. The molecule has 0 spiro atoms. The third-order valence-electron chi connectivity index (χ3n) is 6.65. The normalized spacial score (nSPS) is 12.0. The number of fused-ring (bicyclic) bond motifs is 1. The molecule has 192 valence electrons. The predicted molar refractivity (Wildman–Crippen MR) is 146 cm³/mol. The SMILES string of the molecule is CNC(C)C(=O)Nc1ccc(-c2ccc(F)cc2)n(Cc2cccc3c2ccn3-c2ccc(F)cc2)c1=O. The molecule has 1 amide bonds. The van der Waals surface area contributed by atoms with E-state index < -0.39 is 6.04 Å². The Kier molecular flexibility index (Phi) is 6.89. The Balaban J connectivity index is 1.61. The maximum atomic E-state index is 13.7. The summed E-state index contributed by atoms with van der Waals surface area (Å²) in [5, 5.41) is 6.50. The van der Waals surface area contributed by atoms with Crippen LogP contribution in [-0.4, -0.2) is 28.1 Å². The average Bonchev–Trinajstić information content (AvgIpc) is 3.36. The van der Waals surface area contributed by atoms with Crippen LogP contribution in [0.25, 0.3) is 27.8 Å². The third kappa shape index (κ3) is 4.86. The number of likely N-dealkylation sites (N-methyl/N-ethyl adjacent to an activating group) is 1. The Morgan fingerprint density at radius 3 is 2.26 bits per heavy atom. The first-order valence-corrected chi connectivity index (χ1v) is 12.2. The first-order chi connectivity index (χ1) is 18.4. The molecule has 2 N–H and O–H groups in total. The van der Waals surface area contributed by atoms with Crippen LogP contribution < -0.4 is 16.2 Å². The van der Waals surface area contributed by atoms with Gasteiger partial charge in [-0.05, 0) is 97.9 Å². The van der Waals surface area contributed by atoms with E-state index >= 15 is 0 Å². The van der Waals surface area contributed by atoms with Crippen LogP contribution in [0.5, 0.6) is 0 Å². The van der Waals surface area contributed by atoms with Gasteiger partial charge in [-0.1, -0.05) is 12.1 Å². The van der Waals surface area contributed by atoms with Crippen molar-refractivity contribution in [3.63, 3.8) is 0 Å². The quantitative estimate of drug-likeness (QED) is 0.310. The largest absolute Gasteiger partial charge is 0.320 e. The molecule has 3 aromatic carbocycles. The number of nitrogens with zero attached hydrogens (tertiary/aromatic N) is 2. The van der Waals surface area contributed by atoms with Gasteiger partial charge in [0.2, 0.25) is 5.91 Å². The van der Waals surface area contributed by atoms with Gasteiger partial charge in [0.15, 0.2) is 0 Å². The van der Waals surface area contributed by atoms with Crippen LogP contribution in [0.3, 0.4) is 0 Å². The second kappa shape index (κ2) is 10.4. The minimum absolute atomic E-state index is 0.152. The molecule has 2 heterocycles. The van der Waals surface area contributed by atoms with Gasteiger partial charge in [-0.25, -0.2) is 8.78 Å². The molecule has 0 aliphatic rings. The highest BCUT2D eigenvalue weighted by atomic mass is 19.1. The molecule has 38 heavy (non-hydrogen) atoms. The maximum absolute atomic E-state index is 13.7. The van der Waals surface area contributed by atoms with E-state index in [0.717, 1.165) is 22.2 Å². The Morgan fingerprint density at radius 2 is 1.58 bits per heavy atom. The zero-order valence-electron chi connectivity index (χ0n) is 20.9. The van der Waals surface area contributed by atoms with Gasteiger partial charge in [0, 0.05) is 17.3 Å². The Hall–Kier alpha value is -4.56. The average molecular weight is 513 g/mol. The second-order valence-electron chi connectivity index (χ2n) is 9.04. The molecule has 2 aromatic heterocycles. The fourth-order valence-corrected chi connectivity index (χ4v) is 4.44. The van der Waals surface area contributed by atoms with Gasteiger partial charge in [-0.15, -0.1) is 0 Å². The molecule has 0 bridgehead atoms. The molecule has 6 nitrogen and oxygen atoms in total. The topological polar surface area (TPSA) is 68.1 Å². The van der Waals surface area contributed by atoms with E-state index in [0.29, 0.717) is 11.3 Å². The Morgan fingerprint density at radius 1 is 0.895 bits per heavy atom. The second-order valence-corrected chi connectivity index (χ2v) is 9.04. The number of benzene rings is 3. The summed E-state index contributed by atoms with van der Waals surface area (Å²) >= 11 is 0. The highest BCUT2D eigenvalue weighted by Crippen LogP contribution is 2.27. The number of halogens is 2. The van der Waals surface area contributed by atoms with Crippen molar-refractivity contribution in [2.75, 3.05) is 12.4 Å². The zero-order chi connectivity index (χ0) is 26.8. The summed E-state index contributed by atoms with van der Waals surface area (Å²) in [5.74, 6) is -1.02. The molecule has 0 aliphatic carbocycles. The highest BCUT2D eigenvalue weighted by Gasteiger charge is 2.17. The minimum Gasteiger partial charge on any atom is -0.320 e. The van der Waals surface area contributed by atoms with Crippen LogP contribution >= 0.6 is 0 Å². The van der Waals surface area contributed by atoms with Crippen molar-refractivity contribution in [1.29, 1.82) is 0 Å². The number of rotatable bonds is 7. The number of anilines is 1. The van der Waals surface area contributed by atoms with Gasteiger partial charge >= 0.3 is 0 Å². The van der Waals surface area contributed by atoms with Crippen molar-refractivity contribution in [1.82, 2.24) is 14.5 Å². The lowest BCUT2D eigenvalue weighted by molar-refractivity contribution is -0.117. The lowest BCUT2D eigenvalue weighted by Crippen LogP contribution is -2.37. The van der Waals surface area contributed by atoms with E-state index in [2.05, 4.69) is 10.6 Å². The molecule has 0 aliphatic heterocycles. The fraction of sp³-hybridized carbons (Fsp3) is 0.133. The molecule has 1 unspecified atom stereocenters. The van der Waals surface area contributed by atoms with Gasteiger partial charge in [-0.3, -0.25) is 9.59 Å². The van der Waals surface area contributed by atoms with Gasteiger partial charge in [0.25, 0.3) is 5.56 Å². The smallest absolute Gasteiger partial charge is 0.275 e. The van der Waals surface area contributed by atoms with Crippen LogP contribution in [0.1, 0.15) is 12.5 Å². The van der Waals surface area contributed by atoms with Crippen molar-refractivity contribution < 1.29 is 13.6 Å². The highest BCUT2D eigenvalue weighted by molar-refractivity contribution is 5.94. The summed E-state index contributed by atoms with van der Waals surface area (Å²) in [6.07, 6.45) is 1.90. The molecule has 5 rings (SSSR count). The summed E-state index contributed by atoms with van der Waals surface area (Å²) in [4.78, 5) is 26.2. The summed E-state index contributed by atoms with van der Waals surface area (Å²) in [6, 6.07) is 22.7. The molecule has 0 fully saturated rings. The van der Waals surface area contributed by atoms with Crippen molar-refractivity contribution >= 4 is 22.5 Å². The van der Waals surface area contributed by atoms with Crippen LogP contribution in [0.2, 0.25) is 0 Å². The number of aromatic nitrogens is 2. The maximum Gasteiger partial charge on any atom is 0.275 e. The Bertz CT molecular complexity index is 1670. The number of amides is 1. The van der Waals surface area contributed by atoms with E-state index in [4.69, 9.17) is 0 Å². The monoisotopic (exact) mass is 512 g/mol. The summed E-state index contributed by atoms with van der Waals surface area (Å²) in [5.41, 5.74) is 3.62. The van der Waals surface area contributed by atoms with Crippen molar-refractivity contribution in [2.45, 2.75) is 19.5 Å². The van der Waals surface area contributed by atoms with Gasteiger partial charge < -0.3 is 19.8 Å². The first kappa shape index (κ1) is 25.1. The van der Waals surface area contributed by atoms with E-state index in [1.165, 1.54) is 24.3 Å². The Labute approximate surface area is 218 Å². The van der Waals surface area contributed by atoms with E-state index in [1.54, 1.807) is 54.9 Å². The number of hydrogen-bond acceptors (Lipinski definition) is 3. The summed E-state index contributed by atoms with van der Waals surface area (Å²) < 4.78 is 30.6. The van der Waals surface area contributed by atoms with Crippen molar-refractivity contribution in [2.24, 2.45) is 0 Å². The number of pyridine rings is 1. The van der Waals surface area contributed by atoms with E-state index in [9.17, 15) is 18.4 Å². The molecular weight excluding hydrogens is 486 g/mol. The van der Waals surface area contributed by atoms with Crippen LogP contribution in [0, 0.1) is 11.6 Å². The number of carbonyl (C=O) groups is 1. The number of carbonyl (C=O) groups excluding carboxylic acids is 1. The number of nitrogens with one attached hydrogen (secondary N) is 2. The van der Waals surface area contributed by atoms with Crippen LogP contribution in [-0.2, 0) is 11.3 Å². The fourth-order valence-electron chi connectivity index (χ4n) is 4.44. The molecular formula is C30H26F2N4O2. The predicted octanol–water partition coefficient (Wildman–Crippen LogP) is 5.33. The summed E-state index contributed by atoms with van der Waals surface area (Å²) in [7, 11) is 1.67. The molecule has 0 saturated heterocycles.